The molecule has 0 bridgehead atoms. The van der Waals surface area contributed by atoms with E-state index < -0.39 is 0 Å². The average molecular weight is 279 g/mol. The fraction of sp³-hybridized carbons (Fsp3) is 0.316. The van der Waals surface area contributed by atoms with E-state index in [1.807, 2.05) is 48.5 Å². The van der Waals surface area contributed by atoms with E-state index in [9.17, 15) is 4.79 Å². The molecule has 0 N–H and O–H groups in total. The first-order valence-corrected chi connectivity index (χ1v) is 7.43. The van der Waals surface area contributed by atoms with Crippen LogP contribution in [0.3, 0.4) is 0 Å². The summed E-state index contributed by atoms with van der Waals surface area (Å²) in [6, 6.07) is 20.1. The summed E-state index contributed by atoms with van der Waals surface area (Å²) in [6.45, 7) is 6.50. The molecule has 1 aliphatic heterocycles. The number of carbonyl (C=O) groups excluding carboxylic acids is 1. The number of hydrogen-bond donors (Lipinski definition) is 0. The highest BCUT2D eigenvalue weighted by molar-refractivity contribution is 6.02. The summed E-state index contributed by atoms with van der Waals surface area (Å²) in [5.74, 6) is 0.222. The maximum atomic E-state index is 12.8. The molecule has 1 aliphatic rings. The number of carbonyl (C=O) groups is 1. The molecule has 0 amide bonds. The Hall–Kier alpha value is -1.93. The van der Waals surface area contributed by atoms with Gasteiger partial charge in [0, 0.05) is 11.1 Å². The van der Waals surface area contributed by atoms with Gasteiger partial charge in [-0.25, -0.2) is 0 Å². The number of hydrogen-bond acceptors (Lipinski definition) is 2. The second kappa shape index (κ2) is 5.12. The van der Waals surface area contributed by atoms with Gasteiger partial charge in [0.15, 0.2) is 5.78 Å². The number of ketones is 1. The third-order valence-corrected chi connectivity index (χ3v) is 4.05. The minimum atomic E-state index is -0.0465. The summed E-state index contributed by atoms with van der Waals surface area (Å²) in [5, 5.41) is 0. The third kappa shape index (κ3) is 2.64. The van der Waals surface area contributed by atoms with E-state index in [-0.39, 0.29) is 23.4 Å². The second-order valence-corrected chi connectivity index (χ2v) is 6.61. The van der Waals surface area contributed by atoms with Crippen LogP contribution >= 0.6 is 0 Å². The highest BCUT2D eigenvalue weighted by Crippen LogP contribution is 2.49. The number of benzene rings is 2. The van der Waals surface area contributed by atoms with Crippen molar-refractivity contribution < 1.29 is 4.79 Å². The van der Waals surface area contributed by atoms with Crippen molar-refractivity contribution in [3.05, 3.63) is 71.8 Å². The van der Waals surface area contributed by atoms with Crippen LogP contribution in [0, 0.1) is 0 Å². The Morgan fingerprint density at radius 1 is 0.905 bits per heavy atom. The summed E-state index contributed by atoms with van der Waals surface area (Å²) in [5.41, 5.74) is 2.01. The number of nitrogens with zero attached hydrogens (tertiary/aromatic N) is 1. The zero-order valence-corrected chi connectivity index (χ0v) is 12.8. The van der Waals surface area contributed by atoms with Gasteiger partial charge in [0.05, 0.1) is 12.1 Å². The van der Waals surface area contributed by atoms with Gasteiger partial charge in [0.25, 0.3) is 0 Å². The predicted molar refractivity (Wildman–Crippen MR) is 85.3 cm³/mol. The standard InChI is InChI=1S/C19H21NO/c1-19(2,3)20-16(14-10-6-4-7-11-14)17(20)18(21)15-12-8-5-9-13-15/h4-13,16-17H,1-3H3/t16-,17+,20?/m0/s1. The lowest BCUT2D eigenvalue weighted by Gasteiger charge is -2.22. The topological polar surface area (TPSA) is 20.1 Å². The van der Waals surface area contributed by atoms with Crippen LogP contribution in [0.2, 0.25) is 0 Å². The Morgan fingerprint density at radius 2 is 1.43 bits per heavy atom. The summed E-state index contributed by atoms with van der Waals surface area (Å²) in [6.07, 6.45) is 0. The molecule has 0 saturated carbocycles. The van der Waals surface area contributed by atoms with Gasteiger partial charge >= 0.3 is 0 Å². The molecule has 2 heteroatoms. The van der Waals surface area contributed by atoms with Crippen LogP contribution < -0.4 is 0 Å². The molecular weight excluding hydrogens is 258 g/mol. The molecule has 2 nitrogen and oxygen atoms in total. The highest BCUT2D eigenvalue weighted by atomic mass is 16.1. The molecule has 1 saturated heterocycles. The van der Waals surface area contributed by atoms with Crippen LogP contribution in [0.15, 0.2) is 60.7 Å². The van der Waals surface area contributed by atoms with E-state index >= 15 is 0 Å². The molecule has 2 aromatic rings. The van der Waals surface area contributed by atoms with Gasteiger partial charge < -0.3 is 0 Å². The summed E-state index contributed by atoms with van der Waals surface area (Å²) < 4.78 is 0. The fourth-order valence-electron chi connectivity index (χ4n) is 3.10. The molecule has 0 aliphatic carbocycles. The van der Waals surface area contributed by atoms with E-state index in [1.54, 1.807) is 0 Å². The fourth-order valence-corrected chi connectivity index (χ4v) is 3.10. The molecule has 0 aromatic heterocycles. The first kappa shape index (κ1) is 14.0. The van der Waals surface area contributed by atoms with Crippen LogP contribution in [-0.4, -0.2) is 22.3 Å². The highest BCUT2D eigenvalue weighted by Gasteiger charge is 2.57. The van der Waals surface area contributed by atoms with Gasteiger partial charge in [0.2, 0.25) is 0 Å². The Labute approximate surface area is 126 Å². The summed E-state index contributed by atoms with van der Waals surface area (Å²) in [4.78, 5) is 15.1. The van der Waals surface area contributed by atoms with E-state index in [1.165, 1.54) is 5.56 Å². The van der Waals surface area contributed by atoms with Crippen molar-refractivity contribution in [2.45, 2.75) is 38.4 Å². The van der Waals surface area contributed by atoms with Crippen molar-refractivity contribution >= 4 is 5.78 Å². The van der Waals surface area contributed by atoms with Crippen molar-refractivity contribution in [3.8, 4) is 0 Å². The molecule has 108 valence electrons. The van der Waals surface area contributed by atoms with Crippen LogP contribution in [0.25, 0.3) is 0 Å². The molecule has 2 aromatic carbocycles. The molecule has 3 atom stereocenters. The minimum absolute atomic E-state index is 0.0182. The lowest BCUT2D eigenvalue weighted by molar-refractivity contribution is 0.0957. The second-order valence-electron chi connectivity index (χ2n) is 6.61. The lowest BCUT2D eigenvalue weighted by Crippen LogP contribution is -2.30. The van der Waals surface area contributed by atoms with E-state index in [2.05, 4.69) is 37.8 Å². The number of Topliss-reactive ketones (excluding diaryl/α,β-unsaturated/α-hetero) is 1. The van der Waals surface area contributed by atoms with Gasteiger partial charge in [-0.3, -0.25) is 9.69 Å². The van der Waals surface area contributed by atoms with Crippen molar-refractivity contribution in [2.75, 3.05) is 0 Å². The molecule has 1 fully saturated rings. The first-order chi connectivity index (χ1) is 10.00. The Morgan fingerprint density at radius 3 is 1.95 bits per heavy atom. The van der Waals surface area contributed by atoms with Gasteiger partial charge in [-0.15, -0.1) is 0 Å². The van der Waals surface area contributed by atoms with Gasteiger partial charge in [-0.2, -0.15) is 0 Å². The maximum Gasteiger partial charge on any atom is 0.181 e. The van der Waals surface area contributed by atoms with Gasteiger partial charge in [-0.05, 0) is 26.3 Å². The Balaban J connectivity index is 1.92. The van der Waals surface area contributed by atoms with Crippen molar-refractivity contribution in [3.63, 3.8) is 0 Å². The Kier molecular flexibility index (Phi) is 3.42. The molecule has 21 heavy (non-hydrogen) atoms. The van der Waals surface area contributed by atoms with Crippen LogP contribution in [-0.2, 0) is 0 Å². The third-order valence-electron chi connectivity index (χ3n) is 4.05. The largest absolute Gasteiger partial charge is 0.292 e. The molecular formula is C19H21NO. The molecule has 3 rings (SSSR count). The van der Waals surface area contributed by atoms with Gasteiger partial charge in [-0.1, -0.05) is 60.7 Å². The summed E-state index contributed by atoms with van der Waals surface area (Å²) >= 11 is 0. The normalized spacial score (nSPS) is 24.6. The number of rotatable bonds is 3. The quantitative estimate of drug-likeness (QED) is 0.623. The molecule has 0 spiro atoms. The van der Waals surface area contributed by atoms with E-state index in [0.29, 0.717) is 0 Å². The minimum Gasteiger partial charge on any atom is -0.292 e. The Bertz CT molecular complexity index is 628. The average Bonchev–Trinajstić information content (AvgIpc) is 3.24. The molecule has 1 unspecified atom stereocenters. The zero-order valence-electron chi connectivity index (χ0n) is 12.8. The van der Waals surface area contributed by atoms with Crippen LogP contribution in [0.1, 0.15) is 42.7 Å². The lowest BCUT2D eigenvalue weighted by atomic mass is 10.0. The SMILES string of the molecule is CC(C)(C)N1[C@@H](C(=O)c2ccccc2)[C@@H]1c1ccccc1. The maximum absolute atomic E-state index is 12.8. The van der Waals surface area contributed by atoms with Crippen molar-refractivity contribution in [1.29, 1.82) is 0 Å². The zero-order chi connectivity index (χ0) is 15.0. The van der Waals surface area contributed by atoms with E-state index in [0.717, 1.165) is 5.56 Å². The van der Waals surface area contributed by atoms with Gasteiger partial charge in [0.1, 0.15) is 0 Å². The van der Waals surface area contributed by atoms with Crippen LogP contribution in [0.4, 0.5) is 0 Å². The predicted octanol–water partition coefficient (Wildman–Crippen LogP) is 4.09. The first-order valence-electron chi connectivity index (χ1n) is 7.43. The molecule has 1 heterocycles. The van der Waals surface area contributed by atoms with Crippen molar-refractivity contribution in [2.24, 2.45) is 0 Å². The smallest absolute Gasteiger partial charge is 0.181 e. The monoisotopic (exact) mass is 279 g/mol. The molecule has 0 radical (unpaired) electrons. The van der Waals surface area contributed by atoms with Crippen LogP contribution in [0.5, 0.6) is 0 Å². The summed E-state index contributed by atoms with van der Waals surface area (Å²) in [7, 11) is 0. The van der Waals surface area contributed by atoms with E-state index in [4.69, 9.17) is 0 Å². The van der Waals surface area contributed by atoms with Crippen molar-refractivity contribution in [1.82, 2.24) is 4.90 Å².